The first kappa shape index (κ1) is 22.9. The summed E-state index contributed by atoms with van der Waals surface area (Å²) < 4.78 is 0. The van der Waals surface area contributed by atoms with Gasteiger partial charge in [-0.15, -0.1) is 0 Å². The van der Waals surface area contributed by atoms with Crippen LogP contribution in [0.15, 0.2) is 42.5 Å². The number of amides is 1. The normalized spacial score (nSPS) is 21.4. The summed E-state index contributed by atoms with van der Waals surface area (Å²) in [5.41, 5.74) is 1.87. The van der Waals surface area contributed by atoms with Gasteiger partial charge in [0, 0.05) is 37.8 Å². The van der Waals surface area contributed by atoms with E-state index >= 15 is 0 Å². The van der Waals surface area contributed by atoms with Gasteiger partial charge in [0.05, 0.1) is 17.3 Å². The third kappa shape index (κ3) is 5.77. The first-order valence-corrected chi connectivity index (χ1v) is 11.8. The lowest BCUT2D eigenvalue weighted by Gasteiger charge is -2.37. The van der Waals surface area contributed by atoms with Gasteiger partial charge in [-0.25, -0.2) is 0 Å². The molecule has 0 unspecified atom stereocenters. The summed E-state index contributed by atoms with van der Waals surface area (Å²) in [6.07, 6.45) is 5.47. The van der Waals surface area contributed by atoms with Crippen molar-refractivity contribution in [2.45, 2.75) is 38.1 Å². The molecule has 7 heteroatoms. The molecule has 2 aromatic carbocycles. The Morgan fingerprint density at radius 2 is 1.70 bits per heavy atom. The lowest BCUT2D eigenvalue weighted by Crippen LogP contribution is -2.47. The van der Waals surface area contributed by atoms with E-state index in [1.807, 2.05) is 6.07 Å². The molecule has 3 N–H and O–H groups in total. The second-order valence-electron chi connectivity index (χ2n) is 9.14. The minimum absolute atomic E-state index is 0.0333. The summed E-state index contributed by atoms with van der Waals surface area (Å²) in [7, 11) is 0. The fourth-order valence-electron chi connectivity index (χ4n) is 4.91. The molecule has 0 spiro atoms. The van der Waals surface area contributed by atoms with Crippen LogP contribution in [0.3, 0.4) is 0 Å². The molecule has 1 amide bonds. The van der Waals surface area contributed by atoms with Gasteiger partial charge in [-0.1, -0.05) is 6.07 Å². The molecule has 1 aliphatic carbocycles. The minimum Gasteiger partial charge on any atom is -0.504 e. The molecule has 0 aromatic heterocycles. The van der Waals surface area contributed by atoms with Gasteiger partial charge in [-0.05, 0) is 81.0 Å². The molecule has 2 fully saturated rings. The number of para-hydroxylation sites is 1. The van der Waals surface area contributed by atoms with Crippen molar-refractivity contribution in [1.29, 1.82) is 5.26 Å². The van der Waals surface area contributed by atoms with E-state index in [-0.39, 0.29) is 23.4 Å². The average Bonchev–Trinajstić information content (AvgIpc) is 2.86. The van der Waals surface area contributed by atoms with Crippen molar-refractivity contribution >= 4 is 11.6 Å². The number of hydrogen-bond acceptors (Lipinski definition) is 6. The predicted molar refractivity (Wildman–Crippen MR) is 127 cm³/mol. The van der Waals surface area contributed by atoms with Crippen LogP contribution >= 0.6 is 0 Å². The molecule has 174 valence electrons. The fourth-order valence-corrected chi connectivity index (χ4v) is 4.91. The van der Waals surface area contributed by atoms with E-state index in [2.05, 4.69) is 21.2 Å². The Bertz CT molecular complexity index is 986. The highest BCUT2D eigenvalue weighted by atomic mass is 16.3. The number of anilines is 1. The molecule has 1 aliphatic heterocycles. The lowest BCUT2D eigenvalue weighted by molar-refractivity contribution is 0.0919. The minimum atomic E-state index is -0.0707. The highest BCUT2D eigenvalue weighted by Crippen LogP contribution is 2.35. The van der Waals surface area contributed by atoms with E-state index in [9.17, 15) is 15.0 Å². The molecular weight excluding hydrogens is 416 g/mol. The molecule has 0 radical (unpaired) electrons. The number of nitriles is 1. The molecule has 0 atom stereocenters. The number of hydrogen-bond donors (Lipinski definition) is 3. The predicted octanol–water partition coefficient (Wildman–Crippen LogP) is 3.47. The Kier molecular flexibility index (Phi) is 7.36. The summed E-state index contributed by atoms with van der Waals surface area (Å²) in [6, 6.07) is 14.2. The lowest BCUT2D eigenvalue weighted by atomic mass is 9.84. The Balaban J connectivity index is 1.15. The van der Waals surface area contributed by atoms with Gasteiger partial charge in [-0.2, -0.15) is 5.26 Å². The number of carbonyl (C=O) groups is 1. The van der Waals surface area contributed by atoms with Crippen LogP contribution in [0.1, 0.15) is 48.0 Å². The van der Waals surface area contributed by atoms with Gasteiger partial charge >= 0.3 is 0 Å². The molecule has 0 bridgehead atoms. The van der Waals surface area contributed by atoms with Crippen molar-refractivity contribution in [3.05, 3.63) is 53.6 Å². The van der Waals surface area contributed by atoms with Gasteiger partial charge in [0.15, 0.2) is 11.5 Å². The molecule has 1 saturated carbocycles. The molecular formula is C26H32N4O3. The summed E-state index contributed by atoms with van der Waals surface area (Å²) in [4.78, 5) is 17.1. The number of nitrogens with zero attached hydrogens (tertiary/aromatic N) is 3. The number of phenols is 2. The van der Waals surface area contributed by atoms with E-state index in [4.69, 9.17) is 5.26 Å². The number of rotatable bonds is 6. The maximum atomic E-state index is 12.5. The van der Waals surface area contributed by atoms with Crippen LogP contribution in [0.25, 0.3) is 0 Å². The topological polar surface area (TPSA) is 99.8 Å². The summed E-state index contributed by atoms with van der Waals surface area (Å²) in [5, 5.41) is 31.9. The zero-order valence-electron chi connectivity index (χ0n) is 18.9. The Labute approximate surface area is 195 Å². The molecule has 4 rings (SSSR count). The van der Waals surface area contributed by atoms with E-state index in [0.717, 1.165) is 58.4 Å². The maximum absolute atomic E-state index is 12.5. The van der Waals surface area contributed by atoms with Crippen molar-refractivity contribution in [3.63, 3.8) is 0 Å². The Morgan fingerprint density at radius 1 is 1.00 bits per heavy atom. The smallest absolute Gasteiger partial charge is 0.251 e. The van der Waals surface area contributed by atoms with Crippen molar-refractivity contribution < 1.29 is 15.0 Å². The molecule has 7 nitrogen and oxygen atoms in total. The molecule has 2 aliphatic rings. The maximum Gasteiger partial charge on any atom is 0.251 e. The van der Waals surface area contributed by atoms with Crippen molar-refractivity contribution in [2.75, 3.05) is 37.6 Å². The standard InChI is InChI=1S/C26H32N4O3/c27-18-20-4-8-21(9-5-20)26(33)28-22-10-6-19(7-11-22)12-13-29-14-16-30(17-15-29)23-2-1-3-24(31)25(23)32/h1-5,8-9,19,22,31-32H,6-7,10-17H2,(H,28,33). The number of benzene rings is 2. The van der Waals surface area contributed by atoms with Crippen LogP contribution in [0.5, 0.6) is 11.5 Å². The van der Waals surface area contributed by atoms with Crippen LogP contribution in [0.2, 0.25) is 0 Å². The van der Waals surface area contributed by atoms with E-state index in [1.165, 1.54) is 12.5 Å². The largest absolute Gasteiger partial charge is 0.504 e. The first-order chi connectivity index (χ1) is 16.0. The monoisotopic (exact) mass is 448 g/mol. The number of carbonyl (C=O) groups excluding carboxylic acids is 1. The number of aromatic hydroxyl groups is 2. The summed E-state index contributed by atoms with van der Waals surface area (Å²) in [6.45, 7) is 4.65. The quantitative estimate of drug-likeness (QED) is 0.585. The van der Waals surface area contributed by atoms with Crippen molar-refractivity contribution in [1.82, 2.24) is 10.2 Å². The fraction of sp³-hybridized carbons (Fsp3) is 0.462. The van der Waals surface area contributed by atoms with Gasteiger partial charge in [-0.3, -0.25) is 9.69 Å². The van der Waals surface area contributed by atoms with E-state index in [0.29, 0.717) is 22.7 Å². The SMILES string of the molecule is N#Cc1ccc(C(=O)NC2CCC(CCN3CCN(c4cccc(O)c4O)CC3)CC2)cc1. The van der Waals surface area contributed by atoms with Crippen LogP contribution in [-0.2, 0) is 0 Å². The van der Waals surface area contributed by atoms with Gasteiger partial charge in [0.25, 0.3) is 5.91 Å². The van der Waals surface area contributed by atoms with Crippen molar-refractivity contribution in [2.24, 2.45) is 5.92 Å². The van der Waals surface area contributed by atoms with Crippen molar-refractivity contribution in [3.8, 4) is 17.6 Å². The highest BCUT2D eigenvalue weighted by molar-refractivity contribution is 5.94. The van der Waals surface area contributed by atoms with Crippen LogP contribution in [0, 0.1) is 17.2 Å². The molecule has 1 heterocycles. The van der Waals surface area contributed by atoms with Crippen LogP contribution in [0.4, 0.5) is 5.69 Å². The summed E-state index contributed by atoms with van der Waals surface area (Å²) >= 11 is 0. The average molecular weight is 449 g/mol. The van der Waals surface area contributed by atoms with Gasteiger partial charge in [0.2, 0.25) is 0 Å². The molecule has 33 heavy (non-hydrogen) atoms. The summed E-state index contributed by atoms with van der Waals surface area (Å²) in [5.74, 6) is 0.535. The Hall–Kier alpha value is -3.24. The van der Waals surface area contributed by atoms with Gasteiger partial charge in [0.1, 0.15) is 0 Å². The second-order valence-corrected chi connectivity index (χ2v) is 9.14. The third-order valence-corrected chi connectivity index (χ3v) is 7.02. The van der Waals surface area contributed by atoms with E-state index in [1.54, 1.807) is 30.3 Å². The first-order valence-electron chi connectivity index (χ1n) is 11.8. The second kappa shape index (κ2) is 10.6. The molecule has 1 saturated heterocycles. The number of phenolic OH excluding ortho intramolecular Hbond substituents is 2. The Morgan fingerprint density at radius 3 is 2.36 bits per heavy atom. The van der Waals surface area contributed by atoms with Crippen LogP contribution in [-0.4, -0.2) is 59.8 Å². The number of piperazine rings is 1. The van der Waals surface area contributed by atoms with Crippen LogP contribution < -0.4 is 10.2 Å². The zero-order chi connectivity index (χ0) is 23.2. The third-order valence-electron chi connectivity index (χ3n) is 7.02. The van der Waals surface area contributed by atoms with E-state index < -0.39 is 0 Å². The zero-order valence-corrected chi connectivity index (χ0v) is 18.9. The molecule has 2 aromatic rings. The highest BCUT2D eigenvalue weighted by Gasteiger charge is 2.25. The number of nitrogens with one attached hydrogen (secondary N) is 1. The van der Waals surface area contributed by atoms with Gasteiger partial charge < -0.3 is 20.4 Å².